The molecule has 1 atom stereocenters. The summed E-state index contributed by atoms with van der Waals surface area (Å²) in [6.07, 6.45) is 2.90. The fourth-order valence-electron chi connectivity index (χ4n) is 4.81. The standard InChI is InChI=1S/C31H31NO4/c1-5-7-15-35-24-10-8-9-22(18-24)28-27-29(33)25-16-19(3)20(4)17-26(25)36-30(27)31(34)32(28)23-13-11-21(6-2)12-14-23/h8-14,16-18,28H,5-7,15H2,1-4H3. The Morgan fingerprint density at radius 3 is 2.42 bits per heavy atom. The monoisotopic (exact) mass is 481 g/mol. The van der Waals surface area contributed by atoms with Gasteiger partial charge in [0.15, 0.2) is 5.43 Å². The molecule has 2 heterocycles. The first-order chi connectivity index (χ1) is 17.4. The summed E-state index contributed by atoms with van der Waals surface area (Å²) in [4.78, 5) is 29.4. The molecule has 0 bridgehead atoms. The first kappa shape index (κ1) is 23.9. The molecule has 1 aromatic heterocycles. The Labute approximate surface area is 211 Å². The molecule has 1 aliphatic rings. The van der Waals surface area contributed by atoms with E-state index in [0.29, 0.717) is 23.1 Å². The molecular weight excluding hydrogens is 450 g/mol. The van der Waals surface area contributed by atoms with Gasteiger partial charge in [0, 0.05) is 5.69 Å². The van der Waals surface area contributed by atoms with Crippen LogP contribution < -0.4 is 15.1 Å². The number of aryl methyl sites for hydroxylation is 3. The molecule has 5 nitrogen and oxygen atoms in total. The van der Waals surface area contributed by atoms with Crippen LogP contribution in [0, 0.1) is 13.8 Å². The van der Waals surface area contributed by atoms with Gasteiger partial charge in [0.25, 0.3) is 5.91 Å². The van der Waals surface area contributed by atoms with Crippen LogP contribution in [0.15, 0.2) is 69.9 Å². The lowest BCUT2D eigenvalue weighted by atomic mass is 9.97. The first-order valence-corrected chi connectivity index (χ1v) is 12.7. The number of hydrogen-bond donors (Lipinski definition) is 0. The van der Waals surface area contributed by atoms with Gasteiger partial charge in [0.05, 0.1) is 23.6 Å². The molecule has 36 heavy (non-hydrogen) atoms. The van der Waals surface area contributed by atoms with Crippen molar-refractivity contribution >= 4 is 22.6 Å². The molecule has 3 aromatic carbocycles. The fourth-order valence-corrected chi connectivity index (χ4v) is 4.81. The Hall–Kier alpha value is -3.86. The van der Waals surface area contributed by atoms with Crippen molar-refractivity contribution in [3.8, 4) is 5.75 Å². The maximum atomic E-state index is 13.9. The number of hydrogen-bond acceptors (Lipinski definition) is 4. The minimum absolute atomic E-state index is 0.109. The molecule has 5 rings (SSSR count). The molecular formula is C31H31NO4. The third-order valence-corrected chi connectivity index (χ3v) is 7.05. The van der Waals surface area contributed by atoms with E-state index in [0.717, 1.165) is 47.4 Å². The van der Waals surface area contributed by atoms with Crippen molar-refractivity contribution in [1.82, 2.24) is 0 Å². The van der Waals surface area contributed by atoms with Crippen LogP contribution in [0.25, 0.3) is 11.0 Å². The third-order valence-electron chi connectivity index (χ3n) is 7.05. The summed E-state index contributed by atoms with van der Waals surface area (Å²) in [6.45, 7) is 8.78. The van der Waals surface area contributed by atoms with Gasteiger partial charge in [-0.05, 0) is 85.3 Å². The number of anilines is 1. The van der Waals surface area contributed by atoms with Gasteiger partial charge in [-0.25, -0.2) is 0 Å². The predicted octanol–water partition coefficient (Wildman–Crippen LogP) is 6.90. The smallest absolute Gasteiger partial charge is 0.295 e. The number of carbonyl (C=O) groups excluding carboxylic acids is 1. The average Bonchev–Trinajstić information content (AvgIpc) is 3.18. The molecule has 0 saturated heterocycles. The summed E-state index contributed by atoms with van der Waals surface area (Å²) >= 11 is 0. The SMILES string of the molecule is CCCCOc1cccc(C2c3c(oc4cc(C)c(C)cc4c3=O)C(=O)N2c2ccc(CC)cc2)c1. The Kier molecular flexibility index (Phi) is 6.40. The van der Waals surface area contributed by atoms with Crippen LogP contribution in [0.5, 0.6) is 5.75 Å². The highest BCUT2D eigenvalue weighted by atomic mass is 16.5. The lowest BCUT2D eigenvalue weighted by Gasteiger charge is -2.25. The molecule has 1 unspecified atom stereocenters. The number of benzene rings is 3. The van der Waals surface area contributed by atoms with E-state index in [1.807, 2.05) is 74.5 Å². The van der Waals surface area contributed by atoms with E-state index in [9.17, 15) is 9.59 Å². The van der Waals surface area contributed by atoms with Crippen molar-refractivity contribution in [3.63, 3.8) is 0 Å². The van der Waals surface area contributed by atoms with Gasteiger partial charge in [0.2, 0.25) is 5.76 Å². The Balaban J connectivity index is 1.71. The molecule has 0 N–H and O–H groups in total. The van der Waals surface area contributed by atoms with Crippen molar-refractivity contribution in [2.24, 2.45) is 0 Å². The third kappa shape index (κ3) is 4.09. The van der Waals surface area contributed by atoms with Crippen LogP contribution in [0.2, 0.25) is 0 Å². The van der Waals surface area contributed by atoms with Crippen molar-refractivity contribution < 1.29 is 13.9 Å². The summed E-state index contributed by atoms with van der Waals surface area (Å²) in [5.74, 6) is 0.520. The molecule has 5 heteroatoms. The normalized spacial score (nSPS) is 14.9. The highest BCUT2D eigenvalue weighted by Crippen LogP contribution is 2.42. The summed E-state index contributed by atoms with van der Waals surface area (Å²) in [5.41, 5.74) is 5.38. The van der Waals surface area contributed by atoms with Crippen molar-refractivity contribution in [1.29, 1.82) is 0 Å². The zero-order valence-corrected chi connectivity index (χ0v) is 21.3. The summed E-state index contributed by atoms with van der Waals surface area (Å²) in [5, 5.41) is 0.494. The Morgan fingerprint density at radius 2 is 1.69 bits per heavy atom. The molecule has 0 aliphatic carbocycles. The minimum atomic E-state index is -0.614. The molecule has 0 radical (unpaired) electrons. The molecule has 1 aliphatic heterocycles. The quantitative estimate of drug-likeness (QED) is 0.269. The maximum absolute atomic E-state index is 13.9. The van der Waals surface area contributed by atoms with Gasteiger partial charge in [0.1, 0.15) is 11.3 Å². The van der Waals surface area contributed by atoms with Gasteiger partial charge in [-0.3, -0.25) is 14.5 Å². The minimum Gasteiger partial charge on any atom is -0.494 e. The number of fused-ring (bicyclic) bond motifs is 2. The number of carbonyl (C=O) groups is 1. The average molecular weight is 482 g/mol. The van der Waals surface area contributed by atoms with E-state index >= 15 is 0 Å². The summed E-state index contributed by atoms with van der Waals surface area (Å²) in [7, 11) is 0. The van der Waals surface area contributed by atoms with Crippen molar-refractivity contribution in [3.05, 3.63) is 104 Å². The van der Waals surface area contributed by atoms with Crippen LogP contribution >= 0.6 is 0 Å². The number of nitrogens with zero attached hydrogens (tertiary/aromatic N) is 1. The Morgan fingerprint density at radius 1 is 0.944 bits per heavy atom. The summed E-state index contributed by atoms with van der Waals surface area (Å²) in [6, 6.07) is 18.7. The van der Waals surface area contributed by atoms with Crippen molar-refractivity contribution in [2.45, 2.75) is 53.0 Å². The van der Waals surface area contributed by atoms with Crippen molar-refractivity contribution in [2.75, 3.05) is 11.5 Å². The molecule has 184 valence electrons. The van der Waals surface area contributed by atoms with Crippen LogP contribution in [0.1, 0.15) is 71.1 Å². The van der Waals surface area contributed by atoms with E-state index in [-0.39, 0.29) is 17.1 Å². The van der Waals surface area contributed by atoms with E-state index in [1.165, 1.54) is 5.56 Å². The maximum Gasteiger partial charge on any atom is 0.295 e. The lowest BCUT2D eigenvalue weighted by Crippen LogP contribution is -2.29. The van der Waals surface area contributed by atoms with E-state index in [4.69, 9.17) is 9.15 Å². The van der Waals surface area contributed by atoms with E-state index < -0.39 is 6.04 Å². The number of ether oxygens (including phenoxy) is 1. The highest BCUT2D eigenvalue weighted by molar-refractivity contribution is 6.10. The van der Waals surface area contributed by atoms with Crippen LogP contribution in [-0.2, 0) is 6.42 Å². The van der Waals surface area contributed by atoms with Gasteiger partial charge in [-0.2, -0.15) is 0 Å². The Bertz CT molecular complexity index is 1500. The summed E-state index contributed by atoms with van der Waals surface area (Å²) < 4.78 is 12.1. The molecule has 0 saturated carbocycles. The zero-order chi connectivity index (χ0) is 25.4. The second-order valence-electron chi connectivity index (χ2n) is 9.48. The number of rotatable bonds is 7. The number of unbranched alkanes of at least 4 members (excludes halogenated alkanes) is 1. The second kappa shape index (κ2) is 9.65. The van der Waals surface area contributed by atoms with Gasteiger partial charge in [-0.1, -0.05) is 44.5 Å². The van der Waals surface area contributed by atoms with Crippen LogP contribution in [0.3, 0.4) is 0 Å². The fraction of sp³-hybridized carbons (Fsp3) is 0.290. The highest BCUT2D eigenvalue weighted by Gasteiger charge is 2.43. The van der Waals surface area contributed by atoms with Gasteiger partial charge in [-0.15, -0.1) is 0 Å². The van der Waals surface area contributed by atoms with E-state index in [2.05, 4.69) is 13.8 Å². The van der Waals surface area contributed by atoms with Gasteiger partial charge >= 0.3 is 0 Å². The molecule has 0 fully saturated rings. The van der Waals surface area contributed by atoms with Crippen LogP contribution in [0.4, 0.5) is 5.69 Å². The topological polar surface area (TPSA) is 59.8 Å². The second-order valence-corrected chi connectivity index (χ2v) is 9.48. The van der Waals surface area contributed by atoms with E-state index in [1.54, 1.807) is 4.90 Å². The zero-order valence-electron chi connectivity index (χ0n) is 21.3. The van der Waals surface area contributed by atoms with Gasteiger partial charge < -0.3 is 9.15 Å². The predicted molar refractivity (Wildman–Crippen MR) is 143 cm³/mol. The molecule has 0 spiro atoms. The molecule has 4 aromatic rings. The number of amides is 1. The largest absolute Gasteiger partial charge is 0.494 e. The van der Waals surface area contributed by atoms with Crippen LogP contribution in [-0.4, -0.2) is 12.5 Å². The lowest BCUT2D eigenvalue weighted by molar-refractivity contribution is 0.0971. The first-order valence-electron chi connectivity index (χ1n) is 12.7. The molecule has 1 amide bonds.